The Morgan fingerprint density at radius 2 is 1.58 bits per heavy atom. The van der Waals surface area contributed by atoms with Gasteiger partial charge in [0, 0.05) is 31.0 Å². The molecule has 1 N–H and O–H groups in total. The topological polar surface area (TPSA) is 93.1 Å². The summed E-state index contributed by atoms with van der Waals surface area (Å²) in [6.45, 7) is 12.3. The highest BCUT2D eigenvalue weighted by atomic mass is 35.5. The van der Waals surface area contributed by atoms with Crippen molar-refractivity contribution in [1.29, 1.82) is 0 Å². The van der Waals surface area contributed by atoms with Crippen LogP contribution in [0.5, 0.6) is 5.75 Å². The fourth-order valence-electron chi connectivity index (χ4n) is 6.60. The molecule has 0 aromatic heterocycles. The van der Waals surface area contributed by atoms with Crippen LogP contribution in [-0.4, -0.2) is 43.6 Å². The monoisotopic (exact) mass is 715 g/mol. The first kappa shape index (κ1) is 37.3. The summed E-state index contributed by atoms with van der Waals surface area (Å²) in [6.07, 6.45) is 0.425. The average Bonchev–Trinajstić information content (AvgIpc) is 3.07. The fraction of sp³-hybridized carbons (Fsp3) is 0.341. The normalized spacial score (nSPS) is 19.7. The maximum atomic E-state index is 13.6. The van der Waals surface area contributed by atoms with E-state index in [9.17, 15) is 18.3 Å². The van der Waals surface area contributed by atoms with Gasteiger partial charge in [-0.3, -0.25) is 0 Å². The number of nitrogens with zero attached hydrogens (tertiary/aromatic N) is 1. The molecule has 1 fully saturated rings. The quantitative estimate of drug-likeness (QED) is 0.147. The number of ether oxygens (including phenoxy) is 2. The molecule has 5 rings (SSSR count). The van der Waals surface area contributed by atoms with Gasteiger partial charge in [-0.1, -0.05) is 117 Å². The number of carboxylic acid groups (broad SMARTS) is 1. The third kappa shape index (κ3) is 8.67. The molecule has 264 valence electrons. The van der Waals surface area contributed by atoms with E-state index in [-0.39, 0.29) is 34.8 Å². The van der Waals surface area contributed by atoms with E-state index in [0.29, 0.717) is 29.2 Å². The van der Waals surface area contributed by atoms with Gasteiger partial charge >= 0.3 is 5.97 Å². The SMILES string of the molecule is C=C(C)[C@@H]1C[C@@H](c2ccc(S(=O)(=O)N(C)Cc3ccccc3)cc2)[C@@H](Cc2ccccc2)O[C@H]1c1cc(C(C)(C)C)cc(Cl)c1OCC(=O)O. The van der Waals surface area contributed by atoms with Crippen LogP contribution in [0.3, 0.4) is 0 Å². The Balaban J connectivity index is 1.53. The van der Waals surface area contributed by atoms with Crippen molar-refractivity contribution < 1.29 is 27.8 Å². The van der Waals surface area contributed by atoms with E-state index in [0.717, 1.165) is 27.8 Å². The zero-order valence-corrected chi connectivity index (χ0v) is 30.9. The van der Waals surface area contributed by atoms with Gasteiger partial charge in [-0.25, -0.2) is 13.2 Å². The minimum Gasteiger partial charge on any atom is -0.480 e. The molecule has 0 unspecified atom stereocenters. The Kier molecular flexibility index (Phi) is 11.6. The lowest BCUT2D eigenvalue weighted by Gasteiger charge is -2.43. The van der Waals surface area contributed by atoms with Gasteiger partial charge in [0.2, 0.25) is 10.0 Å². The van der Waals surface area contributed by atoms with Crippen LogP contribution in [0.4, 0.5) is 0 Å². The van der Waals surface area contributed by atoms with E-state index < -0.39 is 28.7 Å². The lowest BCUT2D eigenvalue weighted by Crippen LogP contribution is -2.37. The van der Waals surface area contributed by atoms with Crippen LogP contribution in [-0.2, 0) is 37.9 Å². The smallest absolute Gasteiger partial charge is 0.341 e. The van der Waals surface area contributed by atoms with Crippen LogP contribution < -0.4 is 4.74 Å². The number of aliphatic carboxylic acids is 1. The lowest BCUT2D eigenvalue weighted by molar-refractivity contribution is -0.139. The summed E-state index contributed by atoms with van der Waals surface area (Å²) >= 11 is 6.83. The predicted octanol–water partition coefficient (Wildman–Crippen LogP) is 8.97. The summed E-state index contributed by atoms with van der Waals surface area (Å²) in [6, 6.07) is 30.6. The first-order valence-electron chi connectivity index (χ1n) is 16.8. The third-order valence-electron chi connectivity index (χ3n) is 9.41. The second kappa shape index (κ2) is 15.5. The van der Waals surface area contributed by atoms with Crippen molar-refractivity contribution in [2.45, 2.75) is 75.5 Å². The Bertz CT molecular complexity index is 1910. The van der Waals surface area contributed by atoms with Crippen LogP contribution >= 0.6 is 11.6 Å². The highest BCUT2D eigenvalue weighted by Crippen LogP contribution is 2.51. The summed E-state index contributed by atoms with van der Waals surface area (Å²) < 4.78 is 41.4. The van der Waals surface area contributed by atoms with Crippen LogP contribution in [0.2, 0.25) is 5.02 Å². The number of halogens is 1. The number of benzene rings is 4. The van der Waals surface area contributed by atoms with Gasteiger partial charge in [0.15, 0.2) is 6.61 Å². The van der Waals surface area contributed by atoms with E-state index in [4.69, 9.17) is 21.1 Å². The van der Waals surface area contributed by atoms with Crippen molar-refractivity contribution >= 4 is 27.6 Å². The van der Waals surface area contributed by atoms with Crippen molar-refractivity contribution in [2.75, 3.05) is 13.7 Å². The number of hydrogen-bond donors (Lipinski definition) is 1. The van der Waals surface area contributed by atoms with Gasteiger partial charge in [0.05, 0.1) is 22.1 Å². The third-order valence-corrected chi connectivity index (χ3v) is 11.5. The molecule has 0 spiro atoms. The zero-order chi connectivity index (χ0) is 36.2. The van der Waals surface area contributed by atoms with Crippen LogP contribution in [0, 0.1) is 5.92 Å². The number of sulfonamides is 1. The van der Waals surface area contributed by atoms with Gasteiger partial charge in [-0.05, 0) is 71.7 Å². The number of carboxylic acids is 1. The van der Waals surface area contributed by atoms with Crippen molar-refractivity contribution in [3.63, 3.8) is 0 Å². The van der Waals surface area contributed by atoms with E-state index >= 15 is 0 Å². The summed E-state index contributed by atoms with van der Waals surface area (Å²) in [4.78, 5) is 11.8. The van der Waals surface area contributed by atoms with E-state index in [1.165, 1.54) is 4.31 Å². The maximum absolute atomic E-state index is 13.6. The second-order valence-electron chi connectivity index (χ2n) is 14.2. The van der Waals surface area contributed by atoms with E-state index in [1.807, 2.05) is 79.7 Å². The molecule has 1 aliphatic rings. The molecular formula is C41H46ClNO6S. The van der Waals surface area contributed by atoms with Crippen LogP contribution in [0.15, 0.2) is 114 Å². The number of hydrogen-bond acceptors (Lipinski definition) is 5. The molecule has 1 saturated heterocycles. The Morgan fingerprint density at radius 3 is 2.14 bits per heavy atom. The van der Waals surface area contributed by atoms with Gasteiger partial charge < -0.3 is 14.6 Å². The highest BCUT2D eigenvalue weighted by Gasteiger charge is 2.42. The van der Waals surface area contributed by atoms with Gasteiger partial charge in [0.1, 0.15) is 5.75 Å². The second-order valence-corrected chi connectivity index (χ2v) is 16.7. The molecule has 50 heavy (non-hydrogen) atoms. The summed E-state index contributed by atoms with van der Waals surface area (Å²) in [5.74, 6) is -1.08. The minimum absolute atomic E-state index is 0.100. The molecule has 1 aliphatic heterocycles. The summed E-state index contributed by atoms with van der Waals surface area (Å²) in [5, 5.41) is 9.80. The molecule has 1 heterocycles. The molecule has 0 radical (unpaired) electrons. The fourth-order valence-corrected chi connectivity index (χ4v) is 8.04. The standard InChI is InChI=1S/C41H46ClNO6S/c1-27(2)33-24-34(30-17-19-32(20-18-30)50(46,47)43(6)25-29-15-11-8-12-16-29)37(21-28-13-9-7-10-14-28)49-39(33)35-22-31(41(3,4)5)23-36(42)40(35)48-26-38(44)45/h7-20,22-23,33-34,37,39H,1,21,24-26H2,2-6H3,(H,44,45)/t33-,34-,37+,39+/m0/s1. The lowest BCUT2D eigenvalue weighted by atomic mass is 9.73. The first-order valence-corrected chi connectivity index (χ1v) is 18.6. The van der Waals surface area contributed by atoms with Crippen LogP contribution in [0.1, 0.15) is 74.0 Å². The molecule has 0 aliphatic carbocycles. The van der Waals surface area contributed by atoms with Crippen molar-refractivity contribution in [1.82, 2.24) is 4.31 Å². The van der Waals surface area contributed by atoms with Gasteiger partial charge in [0.25, 0.3) is 0 Å². The molecule has 0 saturated carbocycles. The van der Waals surface area contributed by atoms with Crippen molar-refractivity contribution in [3.8, 4) is 5.75 Å². The minimum atomic E-state index is -3.73. The van der Waals surface area contributed by atoms with E-state index in [2.05, 4.69) is 39.5 Å². The molecule has 4 aromatic rings. The molecule has 9 heteroatoms. The number of rotatable bonds is 12. The molecule has 4 aromatic carbocycles. The van der Waals surface area contributed by atoms with Crippen LogP contribution in [0.25, 0.3) is 0 Å². The molecule has 0 amide bonds. The van der Waals surface area contributed by atoms with Crippen molar-refractivity contribution in [2.24, 2.45) is 5.92 Å². The molecule has 7 nitrogen and oxygen atoms in total. The molecular weight excluding hydrogens is 670 g/mol. The Morgan fingerprint density at radius 1 is 0.980 bits per heavy atom. The average molecular weight is 716 g/mol. The van der Waals surface area contributed by atoms with E-state index in [1.54, 1.807) is 19.2 Å². The highest BCUT2D eigenvalue weighted by molar-refractivity contribution is 7.89. The van der Waals surface area contributed by atoms with Crippen molar-refractivity contribution in [3.05, 3.63) is 142 Å². The summed E-state index contributed by atoms with van der Waals surface area (Å²) in [7, 11) is -2.14. The molecule has 0 bridgehead atoms. The first-order chi connectivity index (χ1) is 23.6. The maximum Gasteiger partial charge on any atom is 0.341 e. The number of carbonyl (C=O) groups is 1. The largest absolute Gasteiger partial charge is 0.480 e. The Hall–Kier alpha value is -3.95. The summed E-state index contributed by atoms with van der Waals surface area (Å²) in [5.41, 5.74) is 5.28. The zero-order valence-electron chi connectivity index (χ0n) is 29.3. The van der Waals surface area contributed by atoms with Gasteiger partial charge in [-0.15, -0.1) is 0 Å². The Labute approximate surface area is 301 Å². The predicted molar refractivity (Wildman–Crippen MR) is 198 cm³/mol. The van der Waals surface area contributed by atoms with Gasteiger partial charge in [-0.2, -0.15) is 4.31 Å². The molecule has 4 atom stereocenters.